The number of allylic oxidation sites excluding steroid dienone is 1. The zero-order valence-electron chi connectivity index (χ0n) is 7.93. The number of carboxylic acids is 1. The van der Waals surface area contributed by atoms with Crippen LogP contribution in [0, 0.1) is 0 Å². The van der Waals surface area contributed by atoms with E-state index in [9.17, 15) is 14.3 Å². The summed E-state index contributed by atoms with van der Waals surface area (Å²) in [6, 6.07) is 0. The maximum Gasteiger partial charge on any atom is 0.327 e. The van der Waals surface area contributed by atoms with E-state index in [0.717, 1.165) is 0 Å². The van der Waals surface area contributed by atoms with Crippen molar-refractivity contribution in [1.29, 1.82) is 0 Å². The van der Waals surface area contributed by atoms with Gasteiger partial charge in [-0.25, -0.2) is 4.79 Å². The maximum absolute atomic E-state index is 11.3. The lowest BCUT2D eigenvalue weighted by atomic mass is 9.89. The summed E-state index contributed by atoms with van der Waals surface area (Å²) in [4.78, 5) is 20.1. The first-order valence-electron chi connectivity index (χ1n) is 4.30. The van der Waals surface area contributed by atoms with E-state index in [4.69, 9.17) is 10.8 Å². The van der Waals surface area contributed by atoms with Crippen LogP contribution in [0.3, 0.4) is 0 Å². The maximum atomic E-state index is 11.3. The molecule has 6 heteroatoms. The van der Waals surface area contributed by atoms with E-state index >= 15 is 0 Å². The van der Waals surface area contributed by atoms with Crippen LogP contribution < -0.4 is 5.73 Å². The lowest BCUT2D eigenvalue weighted by Crippen LogP contribution is -2.47. The summed E-state index contributed by atoms with van der Waals surface area (Å²) in [5.74, 6) is -1.15. The Kier molecular flexibility index (Phi) is 2.86. The van der Waals surface area contributed by atoms with Crippen LogP contribution in [0.25, 0.3) is 0 Å². The molecule has 0 heterocycles. The third-order valence-corrected chi connectivity index (χ3v) is 3.80. The Morgan fingerprint density at radius 3 is 2.71 bits per heavy atom. The molecular weight excluding hydrogens is 205 g/mol. The van der Waals surface area contributed by atoms with Crippen LogP contribution in [-0.4, -0.2) is 28.2 Å². The third-order valence-electron chi connectivity index (χ3n) is 2.38. The molecule has 0 radical (unpaired) electrons. The molecular formula is C8H14NO4P. The van der Waals surface area contributed by atoms with Crippen molar-refractivity contribution in [2.45, 2.75) is 24.8 Å². The van der Waals surface area contributed by atoms with E-state index in [1.165, 1.54) is 12.7 Å². The van der Waals surface area contributed by atoms with Gasteiger partial charge in [-0.1, -0.05) is 0 Å². The molecule has 5 nitrogen and oxygen atoms in total. The van der Waals surface area contributed by atoms with E-state index in [1.54, 1.807) is 0 Å². The van der Waals surface area contributed by atoms with E-state index in [0.29, 0.717) is 19.3 Å². The molecule has 14 heavy (non-hydrogen) atoms. The molecule has 4 N–H and O–H groups in total. The van der Waals surface area contributed by atoms with Crippen LogP contribution in [0.4, 0.5) is 0 Å². The highest BCUT2D eigenvalue weighted by molar-refractivity contribution is 7.61. The summed E-state index contributed by atoms with van der Waals surface area (Å²) < 4.78 is 11.3. The first-order valence-corrected chi connectivity index (χ1v) is 6.41. The summed E-state index contributed by atoms with van der Waals surface area (Å²) >= 11 is 0. The number of aliphatic carboxylic acids is 1. The van der Waals surface area contributed by atoms with Crippen LogP contribution in [0.2, 0.25) is 0 Å². The summed E-state index contributed by atoms with van der Waals surface area (Å²) in [5.41, 5.74) is 4.11. The number of carboxylic acid groups (broad SMARTS) is 1. The standard InChI is InChI=1S/C8H14NO4P/c1-14(12,13)6-3-2-4-8(9,5-6)7(10)11/h5H,2-4,9H2,1H3,(H,10,11)(H,12,13)/t8-/m1/s1. The van der Waals surface area contributed by atoms with Crippen molar-refractivity contribution in [3.05, 3.63) is 11.4 Å². The molecule has 0 amide bonds. The van der Waals surface area contributed by atoms with Gasteiger partial charge in [0.15, 0.2) is 0 Å². The van der Waals surface area contributed by atoms with Crippen molar-refractivity contribution < 1.29 is 19.4 Å². The van der Waals surface area contributed by atoms with Crippen LogP contribution >= 0.6 is 7.37 Å². The Labute approximate surface area is 82.1 Å². The van der Waals surface area contributed by atoms with Gasteiger partial charge in [0.05, 0.1) is 0 Å². The van der Waals surface area contributed by atoms with E-state index < -0.39 is 18.9 Å². The predicted octanol–water partition coefficient (Wildman–Crippen LogP) is 0.736. The van der Waals surface area contributed by atoms with Crippen LogP contribution in [0.5, 0.6) is 0 Å². The highest BCUT2D eigenvalue weighted by Gasteiger charge is 2.36. The molecule has 1 aliphatic rings. The van der Waals surface area contributed by atoms with Gasteiger partial charge in [-0.3, -0.25) is 4.57 Å². The predicted molar refractivity (Wildman–Crippen MR) is 52.2 cm³/mol. The zero-order valence-corrected chi connectivity index (χ0v) is 8.83. The lowest BCUT2D eigenvalue weighted by molar-refractivity contribution is -0.141. The normalized spacial score (nSPS) is 31.8. The van der Waals surface area contributed by atoms with Gasteiger partial charge < -0.3 is 15.7 Å². The quantitative estimate of drug-likeness (QED) is 0.594. The Morgan fingerprint density at radius 2 is 2.29 bits per heavy atom. The molecule has 0 bridgehead atoms. The summed E-state index contributed by atoms with van der Waals surface area (Å²) in [6.07, 6.45) is 2.54. The van der Waals surface area contributed by atoms with Gasteiger partial charge in [-0.15, -0.1) is 0 Å². The molecule has 1 aliphatic carbocycles. The Balaban J connectivity index is 3.07. The molecule has 2 atom stereocenters. The molecule has 1 unspecified atom stereocenters. The van der Waals surface area contributed by atoms with Gasteiger partial charge >= 0.3 is 5.97 Å². The minimum atomic E-state index is -3.34. The Morgan fingerprint density at radius 1 is 1.71 bits per heavy atom. The smallest absolute Gasteiger partial charge is 0.327 e. The molecule has 0 aromatic rings. The number of carbonyl (C=O) groups is 1. The van der Waals surface area contributed by atoms with Crippen molar-refractivity contribution in [2.24, 2.45) is 5.73 Å². The minimum absolute atomic E-state index is 0.272. The molecule has 0 aromatic heterocycles. The number of nitrogens with two attached hydrogens (primary N) is 1. The lowest BCUT2D eigenvalue weighted by Gasteiger charge is -2.27. The molecule has 0 saturated carbocycles. The monoisotopic (exact) mass is 219 g/mol. The second-order valence-electron chi connectivity index (χ2n) is 3.71. The topological polar surface area (TPSA) is 101 Å². The average molecular weight is 219 g/mol. The fourth-order valence-electron chi connectivity index (χ4n) is 1.50. The van der Waals surface area contributed by atoms with Gasteiger partial charge in [0, 0.05) is 12.0 Å². The fourth-order valence-corrected chi connectivity index (χ4v) is 2.54. The van der Waals surface area contributed by atoms with Crippen molar-refractivity contribution in [3.63, 3.8) is 0 Å². The second kappa shape index (κ2) is 3.50. The van der Waals surface area contributed by atoms with Gasteiger partial charge in [0.2, 0.25) is 7.37 Å². The fraction of sp³-hybridized carbons (Fsp3) is 0.625. The number of hydrogen-bond donors (Lipinski definition) is 3. The van der Waals surface area contributed by atoms with Gasteiger partial charge in [-0.2, -0.15) is 0 Å². The number of rotatable bonds is 2. The molecule has 0 aliphatic heterocycles. The van der Waals surface area contributed by atoms with E-state index in [1.807, 2.05) is 0 Å². The van der Waals surface area contributed by atoms with Crippen LogP contribution in [0.15, 0.2) is 11.4 Å². The Hall–Kier alpha value is -0.640. The first-order chi connectivity index (χ1) is 6.26. The highest BCUT2D eigenvalue weighted by Crippen LogP contribution is 2.50. The molecule has 0 aromatic carbocycles. The average Bonchev–Trinajstić information content (AvgIpc) is 2.02. The Bertz CT molecular complexity index is 332. The van der Waals surface area contributed by atoms with Gasteiger partial charge in [0.1, 0.15) is 5.54 Å². The van der Waals surface area contributed by atoms with Gasteiger partial charge in [-0.05, 0) is 25.3 Å². The van der Waals surface area contributed by atoms with Crippen LogP contribution in [0.1, 0.15) is 19.3 Å². The first kappa shape index (κ1) is 11.4. The number of hydrogen-bond acceptors (Lipinski definition) is 3. The SMILES string of the molecule is CP(=O)(O)C1=C[C@@](N)(C(=O)O)CCC1. The molecule has 1 rings (SSSR count). The largest absolute Gasteiger partial charge is 0.480 e. The zero-order chi connectivity index (χ0) is 11.0. The van der Waals surface area contributed by atoms with Crippen LogP contribution in [-0.2, 0) is 9.36 Å². The van der Waals surface area contributed by atoms with Crippen molar-refractivity contribution in [3.8, 4) is 0 Å². The van der Waals surface area contributed by atoms with Crippen molar-refractivity contribution in [2.75, 3.05) is 6.66 Å². The minimum Gasteiger partial charge on any atom is -0.480 e. The molecule has 0 fully saturated rings. The summed E-state index contributed by atoms with van der Waals surface area (Å²) in [7, 11) is -3.34. The van der Waals surface area contributed by atoms with Crippen molar-refractivity contribution >= 4 is 13.3 Å². The van der Waals surface area contributed by atoms with Crippen molar-refractivity contribution in [1.82, 2.24) is 0 Å². The highest BCUT2D eigenvalue weighted by atomic mass is 31.2. The van der Waals surface area contributed by atoms with E-state index in [-0.39, 0.29) is 5.31 Å². The summed E-state index contributed by atoms with van der Waals surface area (Å²) in [5, 5.41) is 9.11. The second-order valence-corrected chi connectivity index (χ2v) is 6.05. The molecule has 0 saturated heterocycles. The summed E-state index contributed by atoms with van der Waals surface area (Å²) in [6.45, 7) is 1.20. The molecule has 0 spiro atoms. The molecule has 80 valence electrons. The van der Waals surface area contributed by atoms with E-state index in [2.05, 4.69) is 0 Å². The van der Waals surface area contributed by atoms with Gasteiger partial charge in [0.25, 0.3) is 0 Å². The third kappa shape index (κ3) is 2.23.